The van der Waals surface area contributed by atoms with Gasteiger partial charge in [-0.2, -0.15) is 0 Å². The van der Waals surface area contributed by atoms with Crippen LogP contribution in [0.3, 0.4) is 0 Å². The van der Waals surface area contributed by atoms with Gasteiger partial charge in [-0.1, -0.05) is 106 Å². The van der Waals surface area contributed by atoms with Gasteiger partial charge in [0.15, 0.2) is 0 Å². The topological polar surface area (TPSA) is 119 Å². The van der Waals surface area contributed by atoms with Crippen LogP contribution >= 0.6 is 0 Å². The first-order valence-electron chi connectivity index (χ1n) is 18.8. The molecule has 0 aromatic rings. The summed E-state index contributed by atoms with van der Waals surface area (Å²) >= 11 is 0. The largest absolute Gasteiger partial charge is 0.480 e. The number of hydrogen-bond acceptors (Lipinski definition) is 5. The summed E-state index contributed by atoms with van der Waals surface area (Å²) in [7, 11) is 0. The molecular formula is C41H68N2O5. The normalized spacial score (nSPS) is 13.6. The van der Waals surface area contributed by atoms with Gasteiger partial charge in [-0.25, -0.2) is 4.79 Å². The van der Waals surface area contributed by atoms with E-state index in [-0.39, 0.29) is 18.0 Å². The van der Waals surface area contributed by atoms with Crippen molar-refractivity contribution < 1.29 is 24.2 Å². The van der Waals surface area contributed by atoms with Gasteiger partial charge in [0.05, 0.1) is 0 Å². The van der Waals surface area contributed by atoms with Crippen LogP contribution in [0.4, 0.5) is 0 Å². The summed E-state index contributed by atoms with van der Waals surface area (Å²) in [5.41, 5.74) is 5.46. The lowest BCUT2D eigenvalue weighted by molar-refractivity contribution is -0.150. The molecule has 0 saturated heterocycles. The fourth-order valence-electron chi connectivity index (χ4n) is 4.98. The molecule has 2 atom stereocenters. The summed E-state index contributed by atoms with van der Waals surface area (Å²) in [5, 5.41) is 11.9. The molecule has 0 heterocycles. The predicted octanol–water partition coefficient (Wildman–Crippen LogP) is 10.00. The lowest BCUT2D eigenvalue weighted by Crippen LogP contribution is -2.40. The van der Waals surface area contributed by atoms with Crippen molar-refractivity contribution in [2.24, 2.45) is 5.73 Å². The van der Waals surface area contributed by atoms with Gasteiger partial charge in [0.2, 0.25) is 5.91 Å². The summed E-state index contributed by atoms with van der Waals surface area (Å²) in [6.07, 6.45) is 44.1. The van der Waals surface area contributed by atoms with Gasteiger partial charge in [-0.3, -0.25) is 9.59 Å². The maximum atomic E-state index is 12.5. The molecule has 272 valence electrons. The van der Waals surface area contributed by atoms with E-state index in [1.54, 1.807) is 0 Å². The molecule has 48 heavy (non-hydrogen) atoms. The van der Waals surface area contributed by atoms with Crippen molar-refractivity contribution in [3.05, 3.63) is 72.9 Å². The van der Waals surface area contributed by atoms with E-state index in [9.17, 15) is 19.5 Å². The third kappa shape index (κ3) is 31.4. The van der Waals surface area contributed by atoms with Crippen LogP contribution in [0.15, 0.2) is 72.9 Å². The molecule has 0 spiro atoms. The fourth-order valence-corrected chi connectivity index (χ4v) is 4.98. The smallest absolute Gasteiger partial charge is 0.326 e. The fraction of sp³-hybridized carbons (Fsp3) is 0.634. The standard InChI is InChI=1S/C41H68N2O5/c1-3-5-7-8-9-10-11-12-13-14-15-16-17-18-19-20-21-22-23-24-29-35-40(45)48-37(31-26-6-4-2)32-27-25-28-34-39(44)43-38(41(46)47)33-30-36-42/h5,7,9-10,12-13,15-16,18-19,21-22,37-38H,3-4,6,8,11,14,17,20,23-36,42H2,1-2H3,(H,43,44)(H,46,47)/b7-5-,10-9-,13-12-,16-15-,19-18-,22-21-. The minimum absolute atomic E-state index is 0.0751. The minimum Gasteiger partial charge on any atom is -0.480 e. The minimum atomic E-state index is -1.03. The molecule has 0 aliphatic carbocycles. The molecule has 0 bridgehead atoms. The molecule has 1 amide bonds. The zero-order chi connectivity index (χ0) is 35.3. The number of aliphatic carboxylic acids is 1. The second kappa shape index (κ2) is 35.1. The Balaban J connectivity index is 4.08. The zero-order valence-corrected chi connectivity index (χ0v) is 30.3. The first-order chi connectivity index (χ1) is 23.4. The number of esters is 1. The second-order valence-corrected chi connectivity index (χ2v) is 12.3. The van der Waals surface area contributed by atoms with Gasteiger partial charge in [0.25, 0.3) is 0 Å². The number of hydrogen-bond donors (Lipinski definition) is 3. The van der Waals surface area contributed by atoms with Crippen LogP contribution in [0.25, 0.3) is 0 Å². The number of unbranched alkanes of at least 4 members (excludes halogenated alkanes) is 6. The maximum absolute atomic E-state index is 12.5. The number of carbonyl (C=O) groups excluding carboxylic acids is 2. The first kappa shape index (κ1) is 44.8. The van der Waals surface area contributed by atoms with Crippen LogP contribution < -0.4 is 11.1 Å². The molecule has 0 aliphatic rings. The van der Waals surface area contributed by atoms with Gasteiger partial charge >= 0.3 is 11.9 Å². The lowest BCUT2D eigenvalue weighted by atomic mass is 10.0. The van der Waals surface area contributed by atoms with Crippen LogP contribution in [0.5, 0.6) is 0 Å². The highest BCUT2D eigenvalue weighted by atomic mass is 16.5. The second-order valence-electron chi connectivity index (χ2n) is 12.3. The molecule has 0 aromatic carbocycles. The van der Waals surface area contributed by atoms with E-state index in [4.69, 9.17) is 10.5 Å². The number of nitrogens with two attached hydrogens (primary N) is 1. The van der Waals surface area contributed by atoms with Crippen molar-refractivity contribution in [3.8, 4) is 0 Å². The molecule has 0 aromatic heterocycles. The Kier molecular flexibility index (Phi) is 32.8. The zero-order valence-electron chi connectivity index (χ0n) is 30.3. The molecule has 0 radical (unpaired) electrons. The average molecular weight is 669 g/mol. The van der Waals surface area contributed by atoms with Gasteiger partial charge in [-0.15, -0.1) is 0 Å². The number of amides is 1. The third-order valence-corrected chi connectivity index (χ3v) is 7.79. The predicted molar refractivity (Wildman–Crippen MR) is 202 cm³/mol. The molecule has 0 fully saturated rings. The van der Waals surface area contributed by atoms with Crippen LogP contribution in [0.2, 0.25) is 0 Å². The lowest BCUT2D eigenvalue weighted by Gasteiger charge is -2.18. The highest BCUT2D eigenvalue weighted by molar-refractivity contribution is 5.83. The Morgan fingerprint density at radius 2 is 1.15 bits per heavy atom. The van der Waals surface area contributed by atoms with E-state index in [1.165, 1.54) is 0 Å². The van der Waals surface area contributed by atoms with Crippen molar-refractivity contribution in [3.63, 3.8) is 0 Å². The van der Waals surface area contributed by atoms with E-state index in [0.717, 1.165) is 103 Å². The maximum Gasteiger partial charge on any atom is 0.326 e. The average Bonchev–Trinajstić information content (AvgIpc) is 3.07. The van der Waals surface area contributed by atoms with Crippen LogP contribution in [-0.4, -0.2) is 41.6 Å². The van der Waals surface area contributed by atoms with E-state index in [1.807, 2.05) is 0 Å². The van der Waals surface area contributed by atoms with Gasteiger partial charge in [0.1, 0.15) is 12.1 Å². The van der Waals surface area contributed by atoms with Crippen molar-refractivity contribution in [1.82, 2.24) is 5.32 Å². The van der Waals surface area contributed by atoms with Crippen molar-refractivity contribution >= 4 is 17.8 Å². The van der Waals surface area contributed by atoms with Crippen molar-refractivity contribution in [2.45, 2.75) is 161 Å². The summed E-state index contributed by atoms with van der Waals surface area (Å²) in [6.45, 7) is 4.71. The molecule has 4 N–H and O–H groups in total. The number of allylic oxidation sites excluding steroid dienone is 12. The van der Waals surface area contributed by atoms with Gasteiger partial charge in [0, 0.05) is 12.8 Å². The number of rotatable bonds is 32. The van der Waals surface area contributed by atoms with Gasteiger partial charge < -0.3 is 20.9 Å². The molecule has 7 heteroatoms. The van der Waals surface area contributed by atoms with Crippen molar-refractivity contribution in [1.29, 1.82) is 0 Å². The molecule has 0 rings (SSSR count). The van der Waals surface area contributed by atoms with Crippen LogP contribution in [-0.2, 0) is 19.1 Å². The molecule has 2 unspecified atom stereocenters. The van der Waals surface area contributed by atoms with Crippen LogP contribution in [0, 0.1) is 0 Å². The number of ether oxygens (including phenoxy) is 1. The third-order valence-electron chi connectivity index (χ3n) is 7.79. The summed E-state index contributed by atoms with van der Waals surface area (Å²) in [5.74, 6) is -1.38. The van der Waals surface area contributed by atoms with Gasteiger partial charge in [-0.05, 0) is 109 Å². The summed E-state index contributed by atoms with van der Waals surface area (Å²) in [4.78, 5) is 36.0. The first-order valence-corrected chi connectivity index (χ1v) is 18.8. The van der Waals surface area contributed by atoms with E-state index < -0.39 is 12.0 Å². The Morgan fingerprint density at radius 1 is 0.625 bits per heavy atom. The number of nitrogens with one attached hydrogen (secondary N) is 1. The molecule has 7 nitrogen and oxygen atoms in total. The van der Waals surface area contributed by atoms with Crippen LogP contribution in [0.1, 0.15) is 149 Å². The van der Waals surface area contributed by atoms with E-state index >= 15 is 0 Å². The Hall–Kier alpha value is -3.19. The highest BCUT2D eigenvalue weighted by Crippen LogP contribution is 2.17. The summed E-state index contributed by atoms with van der Waals surface area (Å²) < 4.78 is 5.85. The SMILES string of the molecule is CC/C=C\C/C=C\C/C=C\C/C=C\C/C=C\C/C=C\CCCCC(=O)OC(CCCCC)CCCCCC(=O)NC(CCCN)C(=O)O. The van der Waals surface area contributed by atoms with Crippen molar-refractivity contribution in [2.75, 3.05) is 6.54 Å². The molecule has 0 aliphatic heterocycles. The number of carboxylic acid groups (broad SMARTS) is 1. The Labute approximate surface area is 292 Å². The van der Waals surface area contributed by atoms with E-state index in [2.05, 4.69) is 92.1 Å². The molecular weight excluding hydrogens is 600 g/mol. The number of carboxylic acids is 1. The Bertz CT molecular complexity index is 979. The Morgan fingerprint density at radius 3 is 1.67 bits per heavy atom. The quantitative estimate of drug-likeness (QED) is 0.0373. The number of carbonyl (C=O) groups is 3. The van der Waals surface area contributed by atoms with E-state index in [0.29, 0.717) is 38.6 Å². The summed E-state index contributed by atoms with van der Waals surface area (Å²) in [6, 6.07) is -0.881. The monoisotopic (exact) mass is 669 g/mol. The highest BCUT2D eigenvalue weighted by Gasteiger charge is 2.19. The molecule has 0 saturated carbocycles.